The molecule has 0 saturated carbocycles. The third-order valence-electron chi connectivity index (χ3n) is 3.92. The number of aryl methyl sites for hydroxylation is 1. The quantitative estimate of drug-likeness (QED) is 0.689. The van der Waals surface area contributed by atoms with E-state index >= 15 is 0 Å². The molecule has 142 valence electrons. The molecule has 27 heavy (non-hydrogen) atoms. The van der Waals surface area contributed by atoms with Gasteiger partial charge in [-0.25, -0.2) is 0 Å². The first kappa shape index (κ1) is 20.8. The minimum absolute atomic E-state index is 0.0252. The molecule has 1 N–H and O–H groups in total. The van der Waals surface area contributed by atoms with Crippen LogP contribution in [0, 0.1) is 11.3 Å². The van der Waals surface area contributed by atoms with Crippen LogP contribution < -0.4 is 5.32 Å². The lowest BCUT2D eigenvalue weighted by molar-refractivity contribution is -0.137. The second-order valence-electron chi connectivity index (χ2n) is 5.82. The van der Waals surface area contributed by atoms with Crippen LogP contribution in [0.15, 0.2) is 41.3 Å². The first-order valence-electron chi connectivity index (χ1n) is 8.43. The summed E-state index contributed by atoms with van der Waals surface area (Å²) in [6.07, 6.45) is -4.11. The maximum absolute atomic E-state index is 13.1. The molecule has 0 aliphatic carbocycles. The van der Waals surface area contributed by atoms with Gasteiger partial charge in [-0.15, -0.1) is 11.8 Å². The molecule has 0 spiro atoms. The summed E-state index contributed by atoms with van der Waals surface area (Å²) in [6, 6.07) is 10.6. The summed E-state index contributed by atoms with van der Waals surface area (Å²) in [4.78, 5) is 13.4. The molecule has 0 saturated heterocycles. The van der Waals surface area contributed by atoms with Crippen molar-refractivity contribution in [1.29, 1.82) is 5.26 Å². The number of hydrogen-bond donors (Lipinski definition) is 1. The number of hydrogen-bond acceptors (Lipinski definition) is 3. The third-order valence-corrected chi connectivity index (χ3v) is 4.92. The highest BCUT2D eigenvalue weighted by molar-refractivity contribution is 7.99. The predicted molar refractivity (Wildman–Crippen MR) is 99.5 cm³/mol. The van der Waals surface area contributed by atoms with Crippen molar-refractivity contribution in [3.63, 3.8) is 0 Å². The summed E-state index contributed by atoms with van der Waals surface area (Å²) in [5, 5.41) is 11.7. The maximum atomic E-state index is 13.1. The van der Waals surface area contributed by atoms with Crippen LogP contribution in [0.3, 0.4) is 0 Å². The Labute approximate surface area is 160 Å². The number of thioether (sulfide) groups is 1. The second kappa shape index (κ2) is 8.96. The van der Waals surface area contributed by atoms with E-state index in [0.717, 1.165) is 28.3 Å². The number of carbonyl (C=O) groups excluding carboxylic acids is 1. The Kier molecular flexibility index (Phi) is 6.92. The number of amides is 1. The normalized spacial score (nSPS) is 11.1. The summed E-state index contributed by atoms with van der Waals surface area (Å²) >= 11 is 1.57. The molecule has 0 aliphatic heterocycles. The molecule has 0 atom stereocenters. The van der Waals surface area contributed by atoms with Crippen molar-refractivity contribution >= 4 is 17.7 Å². The lowest BCUT2D eigenvalue weighted by Crippen LogP contribution is -2.24. The SMILES string of the molecule is CCSc1ccc(C#N)cc1CNC(=O)c1cc(CC)cc(C(F)(F)F)c1. The van der Waals surface area contributed by atoms with Crippen LogP contribution in [0.1, 0.15) is 46.5 Å². The zero-order chi connectivity index (χ0) is 20.0. The van der Waals surface area contributed by atoms with Crippen molar-refractivity contribution in [2.75, 3.05) is 5.75 Å². The molecule has 0 aromatic heterocycles. The Morgan fingerprint density at radius 1 is 1.19 bits per heavy atom. The Bertz CT molecular complexity index is 873. The summed E-state index contributed by atoms with van der Waals surface area (Å²) < 4.78 is 39.2. The average Bonchev–Trinajstić information content (AvgIpc) is 2.65. The van der Waals surface area contributed by atoms with Gasteiger partial charge in [0.05, 0.1) is 17.2 Å². The molecule has 2 aromatic carbocycles. The largest absolute Gasteiger partial charge is 0.416 e. The van der Waals surface area contributed by atoms with Crippen LogP contribution in [0.2, 0.25) is 0 Å². The van der Waals surface area contributed by atoms with E-state index in [9.17, 15) is 18.0 Å². The molecule has 0 bridgehead atoms. The predicted octanol–water partition coefficient (Wildman–Crippen LogP) is 5.18. The van der Waals surface area contributed by atoms with Gasteiger partial charge in [0.1, 0.15) is 0 Å². The van der Waals surface area contributed by atoms with Gasteiger partial charge in [-0.05, 0) is 59.7 Å². The molecule has 1 amide bonds. The first-order valence-corrected chi connectivity index (χ1v) is 9.42. The van der Waals surface area contributed by atoms with Gasteiger partial charge in [-0.1, -0.05) is 13.8 Å². The summed E-state index contributed by atoms with van der Waals surface area (Å²) in [5.41, 5.74) is 0.816. The highest BCUT2D eigenvalue weighted by Gasteiger charge is 2.31. The van der Waals surface area contributed by atoms with Crippen molar-refractivity contribution in [3.05, 3.63) is 64.2 Å². The molecule has 0 heterocycles. The molecular weight excluding hydrogens is 373 g/mol. The number of nitriles is 1. The number of rotatable bonds is 6. The van der Waals surface area contributed by atoms with E-state index in [4.69, 9.17) is 5.26 Å². The van der Waals surface area contributed by atoms with Crippen molar-refractivity contribution in [2.24, 2.45) is 0 Å². The monoisotopic (exact) mass is 392 g/mol. The number of alkyl halides is 3. The van der Waals surface area contributed by atoms with Crippen LogP contribution in [0.5, 0.6) is 0 Å². The van der Waals surface area contributed by atoms with E-state index in [1.165, 1.54) is 6.07 Å². The van der Waals surface area contributed by atoms with Gasteiger partial charge in [-0.3, -0.25) is 4.79 Å². The van der Waals surface area contributed by atoms with Crippen LogP contribution in [-0.4, -0.2) is 11.7 Å². The van der Waals surface area contributed by atoms with Crippen LogP contribution in [0.4, 0.5) is 13.2 Å². The number of nitrogens with one attached hydrogen (secondary N) is 1. The van der Waals surface area contributed by atoms with E-state index < -0.39 is 17.6 Å². The van der Waals surface area contributed by atoms with Gasteiger partial charge in [0.15, 0.2) is 0 Å². The minimum Gasteiger partial charge on any atom is -0.348 e. The van der Waals surface area contributed by atoms with Gasteiger partial charge >= 0.3 is 6.18 Å². The van der Waals surface area contributed by atoms with E-state index in [0.29, 0.717) is 17.5 Å². The smallest absolute Gasteiger partial charge is 0.348 e. The number of nitrogens with zero attached hydrogens (tertiary/aromatic N) is 1. The maximum Gasteiger partial charge on any atom is 0.416 e. The van der Waals surface area contributed by atoms with E-state index in [1.54, 1.807) is 30.8 Å². The summed E-state index contributed by atoms with van der Waals surface area (Å²) in [5.74, 6) is 0.242. The molecule has 7 heteroatoms. The number of carbonyl (C=O) groups is 1. The molecule has 0 radical (unpaired) electrons. The van der Waals surface area contributed by atoms with Gasteiger partial charge in [0, 0.05) is 17.0 Å². The molecule has 0 fully saturated rings. The topological polar surface area (TPSA) is 52.9 Å². The highest BCUT2D eigenvalue weighted by Crippen LogP contribution is 2.31. The number of benzene rings is 2. The van der Waals surface area contributed by atoms with Gasteiger partial charge < -0.3 is 5.32 Å². The fourth-order valence-corrected chi connectivity index (χ4v) is 3.34. The molecule has 0 unspecified atom stereocenters. The fraction of sp³-hybridized carbons (Fsp3) is 0.300. The van der Waals surface area contributed by atoms with E-state index in [-0.39, 0.29) is 12.1 Å². The number of halogens is 3. The zero-order valence-electron chi connectivity index (χ0n) is 15.0. The second-order valence-corrected chi connectivity index (χ2v) is 7.13. The van der Waals surface area contributed by atoms with Crippen molar-refractivity contribution in [2.45, 2.75) is 37.9 Å². The Balaban J connectivity index is 2.25. The fourth-order valence-electron chi connectivity index (χ4n) is 2.55. The molecule has 0 aliphatic rings. The van der Waals surface area contributed by atoms with Crippen LogP contribution in [0.25, 0.3) is 0 Å². The first-order chi connectivity index (χ1) is 12.8. The lowest BCUT2D eigenvalue weighted by atomic mass is 10.0. The van der Waals surface area contributed by atoms with Crippen molar-refractivity contribution in [1.82, 2.24) is 5.32 Å². The van der Waals surface area contributed by atoms with Crippen LogP contribution >= 0.6 is 11.8 Å². The molecule has 3 nitrogen and oxygen atoms in total. The van der Waals surface area contributed by atoms with E-state index in [2.05, 4.69) is 5.32 Å². The Morgan fingerprint density at radius 2 is 1.93 bits per heavy atom. The third kappa shape index (κ3) is 5.51. The Hall–Kier alpha value is -2.46. The van der Waals surface area contributed by atoms with Gasteiger partial charge in [0.25, 0.3) is 5.91 Å². The van der Waals surface area contributed by atoms with Crippen LogP contribution in [-0.2, 0) is 19.1 Å². The minimum atomic E-state index is -4.51. The highest BCUT2D eigenvalue weighted by atomic mass is 32.2. The summed E-state index contributed by atoms with van der Waals surface area (Å²) in [6.45, 7) is 3.85. The lowest BCUT2D eigenvalue weighted by Gasteiger charge is -2.13. The molecule has 2 aromatic rings. The molecular formula is C20H19F3N2OS. The Morgan fingerprint density at radius 3 is 2.52 bits per heavy atom. The van der Waals surface area contributed by atoms with E-state index in [1.807, 2.05) is 19.1 Å². The van der Waals surface area contributed by atoms with Crippen molar-refractivity contribution < 1.29 is 18.0 Å². The zero-order valence-corrected chi connectivity index (χ0v) is 15.8. The average molecular weight is 392 g/mol. The van der Waals surface area contributed by atoms with Crippen molar-refractivity contribution in [3.8, 4) is 6.07 Å². The van der Waals surface area contributed by atoms with Gasteiger partial charge in [0.2, 0.25) is 0 Å². The molecule has 2 rings (SSSR count). The standard InChI is InChI=1S/C20H19F3N2OS/c1-3-13-7-15(10-17(9-13)20(21,22)23)19(26)25-12-16-8-14(11-24)5-6-18(16)27-4-2/h5-10H,3-4,12H2,1-2H3,(H,25,26). The summed E-state index contributed by atoms with van der Waals surface area (Å²) in [7, 11) is 0. The van der Waals surface area contributed by atoms with Gasteiger partial charge in [-0.2, -0.15) is 18.4 Å².